The molecule has 3 rings (SSSR count). The van der Waals surface area contributed by atoms with E-state index in [9.17, 15) is 9.59 Å². The summed E-state index contributed by atoms with van der Waals surface area (Å²) in [5.74, 6) is 0.0456. The number of nitrogens with zero attached hydrogens (tertiary/aromatic N) is 2. The average molecular weight is 423 g/mol. The maximum atomic E-state index is 13.6. The van der Waals surface area contributed by atoms with Gasteiger partial charge in [-0.3, -0.25) is 4.79 Å². The van der Waals surface area contributed by atoms with E-state index in [0.717, 1.165) is 41.8 Å². The van der Waals surface area contributed by atoms with Gasteiger partial charge in [0.15, 0.2) is 0 Å². The molecular weight excluding hydrogens is 388 g/mol. The van der Waals surface area contributed by atoms with Crippen LogP contribution < -0.4 is 15.5 Å². The summed E-state index contributed by atoms with van der Waals surface area (Å²) < 4.78 is 0. The van der Waals surface area contributed by atoms with Crippen LogP contribution in [0.15, 0.2) is 48.5 Å². The Bertz CT molecular complexity index is 894. The zero-order valence-electron chi connectivity index (χ0n) is 19.0. The zero-order chi connectivity index (χ0) is 22.4. The number of urea groups is 1. The highest BCUT2D eigenvalue weighted by molar-refractivity contribution is 5.90. The molecular formula is C25H34N4O2. The van der Waals surface area contributed by atoms with E-state index in [1.165, 1.54) is 0 Å². The van der Waals surface area contributed by atoms with Crippen molar-refractivity contribution >= 4 is 23.3 Å². The predicted molar refractivity (Wildman–Crippen MR) is 127 cm³/mol. The predicted octanol–water partition coefficient (Wildman–Crippen LogP) is 4.58. The number of carbonyl (C=O) groups excluding carboxylic acids is 2. The van der Waals surface area contributed by atoms with Crippen LogP contribution in [0.3, 0.4) is 0 Å². The van der Waals surface area contributed by atoms with Gasteiger partial charge in [0.05, 0.1) is 5.92 Å². The van der Waals surface area contributed by atoms with Gasteiger partial charge >= 0.3 is 6.03 Å². The molecule has 0 aromatic heterocycles. The molecule has 6 heteroatoms. The molecule has 2 aromatic rings. The van der Waals surface area contributed by atoms with Crippen molar-refractivity contribution in [2.75, 3.05) is 30.9 Å². The first-order valence-electron chi connectivity index (χ1n) is 11.1. The smallest absolute Gasteiger partial charge is 0.319 e. The Labute approximate surface area is 185 Å². The third-order valence-corrected chi connectivity index (χ3v) is 5.68. The number of carbonyl (C=O) groups is 2. The van der Waals surface area contributed by atoms with Crippen LogP contribution >= 0.6 is 0 Å². The largest absolute Gasteiger partial charge is 0.377 e. The van der Waals surface area contributed by atoms with Gasteiger partial charge in [0.1, 0.15) is 0 Å². The van der Waals surface area contributed by atoms with E-state index < -0.39 is 0 Å². The first-order chi connectivity index (χ1) is 14.9. The summed E-state index contributed by atoms with van der Waals surface area (Å²) >= 11 is 0. The molecule has 0 heterocycles. The van der Waals surface area contributed by atoms with Gasteiger partial charge in [-0.25, -0.2) is 4.79 Å². The normalized spacial score (nSPS) is 13.9. The van der Waals surface area contributed by atoms with E-state index in [2.05, 4.69) is 22.5 Å². The molecule has 1 fully saturated rings. The summed E-state index contributed by atoms with van der Waals surface area (Å²) in [6, 6.07) is 16.0. The lowest BCUT2D eigenvalue weighted by Gasteiger charge is -2.29. The Balaban J connectivity index is 1.87. The maximum Gasteiger partial charge on any atom is 0.319 e. The van der Waals surface area contributed by atoms with Crippen molar-refractivity contribution in [3.05, 3.63) is 59.7 Å². The molecule has 1 aliphatic carbocycles. The highest BCUT2D eigenvalue weighted by atomic mass is 16.2. The number of amides is 3. The number of benzene rings is 2. The number of rotatable bonds is 9. The Morgan fingerprint density at radius 3 is 2.35 bits per heavy atom. The fourth-order valence-corrected chi connectivity index (χ4v) is 3.96. The highest BCUT2D eigenvalue weighted by Gasteiger charge is 2.36. The third-order valence-electron chi connectivity index (χ3n) is 5.68. The van der Waals surface area contributed by atoms with E-state index >= 15 is 0 Å². The van der Waals surface area contributed by atoms with Crippen LogP contribution in [0.1, 0.15) is 50.2 Å². The summed E-state index contributed by atoms with van der Waals surface area (Å²) in [5, 5.41) is 5.64. The quantitative estimate of drug-likeness (QED) is 0.622. The molecule has 166 valence electrons. The van der Waals surface area contributed by atoms with Crippen LogP contribution in [-0.2, 0) is 11.3 Å². The molecule has 1 saturated carbocycles. The van der Waals surface area contributed by atoms with Crippen LogP contribution in [0.2, 0.25) is 0 Å². The monoisotopic (exact) mass is 422 g/mol. The molecule has 0 spiro atoms. The standard InChI is InChI=1S/C25H34N4O2/c1-5-22(18-10-8-7-9-11-18)24(30)29(21-13-14-21)17-19-16-20(27-25(31)26-6-2)12-15-23(19)28(3)4/h7-12,15-16,21-22H,5-6,13-14,17H2,1-4H3,(H2,26,27,31)/t22-/m0/s1. The van der Waals surface area contributed by atoms with Gasteiger partial charge in [-0.05, 0) is 55.5 Å². The number of nitrogens with one attached hydrogen (secondary N) is 2. The highest BCUT2D eigenvalue weighted by Crippen LogP contribution is 2.35. The van der Waals surface area contributed by atoms with E-state index in [-0.39, 0.29) is 17.9 Å². The Morgan fingerprint density at radius 1 is 1.06 bits per heavy atom. The van der Waals surface area contributed by atoms with Crippen LogP contribution in [0.4, 0.5) is 16.2 Å². The van der Waals surface area contributed by atoms with Crippen molar-refractivity contribution in [1.82, 2.24) is 10.2 Å². The van der Waals surface area contributed by atoms with Gasteiger partial charge in [0.25, 0.3) is 0 Å². The first-order valence-corrected chi connectivity index (χ1v) is 11.1. The van der Waals surface area contributed by atoms with Crippen molar-refractivity contribution in [2.45, 2.75) is 51.6 Å². The SMILES string of the molecule is CCNC(=O)Nc1ccc(N(C)C)c(CN(C(=O)[C@@H](CC)c2ccccc2)C2CC2)c1. The lowest BCUT2D eigenvalue weighted by molar-refractivity contribution is -0.134. The molecule has 3 amide bonds. The van der Waals surface area contributed by atoms with Crippen molar-refractivity contribution in [3.8, 4) is 0 Å². The molecule has 0 aliphatic heterocycles. The zero-order valence-corrected chi connectivity index (χ0v) is 19.0. The van der Waals surface area contributed by atoms with Crippen molar-refractivity contribution in [3.63, 3.8) is 0 Å². The number of hydrogen-bond acceptors (Lipinski definition) is 3. The Hall–Kier alpha value is -3.02. The molecule has 2 aromatic carbocycles. The summed E-state index contributed by atoms with van der Waals surface area (Å²) in [6.45, 7) is 5.06. The summed E-state index contributed by atoms with van der Waals surface area (Å²) in [7, 11) is 4.00. The van der Waals surface area contributed by atoms with Gasteiger partial charge in [-0.15, -0.1) is 0 Å². The number of hydrogen-bond donors (Lipinski definition) is 2. The lowest BCUT2D eigenvalue weighted by Crippen LogP contribution is -2.37. The van der Waals surface area contributed by atoms with Crippen molar-refractivity contribution in [1.29, 1.82) is 0 Å². The minimum atomic E-state index is -0.226. The summed E-state index contributed by atoms with van der Waals surface area (Å²) in [6.07, 6.45) is 2.86. The van der Waals surface area contributed by atoms with E-state index in [1.54, 1.807) is 0 Å². The van der Waals surface area contributed by atoms with Crippen LogP contribution in [0, 0.1) is 0 Å². The van der Waals surface area contributed by atoms with Crippen LogP contribution in [0.5, 0.6) is 0 Å². The molecule has 0 bridgehead atoms. The second-order valence-corrected chi connectivity index (χ2v) is 8.29. The van der Waals surface area contributed by atoms with Gasteiger partial charge in [0, 0.05) is 44.6 Å². The van der Waals surface area contributed by atoms with Gasteiger partial charge in [-0.2, -0.15) is 0 Å². The fourth-order valence-electron chi connectivity index (χ4n) is 3.96. The van der Waals surface area contributed by atoms with Crippen molar-refractivity contribution in [2.24, 2.45) is 0 Å². The van der Waals surface area contributed by atoms with E-state index in [0.29, 0.717) is 19.1 Å². The topological polar surface area (TPSA) is 64.7 Å². The van der Waals surface area contributed by atoms with Gasteiger partial charge in [-0.1, -0.05) is 37.3 Å². The lowest BCUT2D eigenvalue weighted by atomic mass is 9.94. The minimum absolute atomic E-state index is 0.138. The molecule has 0 radical (unpaired) electrons. The van der Waals surface area contributed by atoms with Crippen molar-refractivity contribution < 1.29 is 9.59 Å². The molecule has 31 heavy (non-hydrogen) atoms. The van der Waals surface area contributed by atoms with Gasteiger partial charge < -0.3 is 20.4 Å². The van der Waals surface area contributed by atoms with E-state index in [1.807, 2.05) is 74.4 Å². The molecule has 0 saturated heterocycles. The van der Waals surface area contributed by atoms with Crippen LogP contribution in [0.25, 0.3) is 0 Å². The molecule has 2 N–H and O–H groups in total. The number of anilines is 2. The minimum Gasteiger partial charge on any atom is -0.377 e. The van der Waals surface area contributed by atoms with Gasteiger partial charge in [0.2, 0.25) is 5.91 Å². The summed E-state index contributed by atoms with van der Waals surface area (Å²) in [5.41, 5.74) is 3.88. The Kier molecular flexibility index (Phi) is 7.55. The van der Waals surface area contributed by atoms with Crippen LogP contribution in [-0.4, -0.2) is 43.5 Å². The molecule has 0 unspecified atom stereocenters. The molecule has 1 atom stereocenters. The summed E-state index contributed by atoms with van der Waals surface area (Å²) in [4.78, 5) is 29.7. The second-order valence-electron chi connectivity index (χ2n) is 8.29. The van der Waals surface area contributed by atoms with E-state index in [4.69, 9.17) is 0 Å². The Morgan fingerprint density at radius 2 is 1.77 bits per heavy atom. The fraction of sp³-hybridized carbons (Fsp3) is 0.440. The average Bonchev–Trinajstić information content (AvgIpc) is 3.58. The second kappa shape index (κ2) is 10.3. The molecule has 1 aliphatic rings. The first kappa shape index (κ1) is 22.7. The third kappa shape index (κ3) is 5.78. The molecule has 6 nitrogen and oxygen atoms in total. The maximum absolute atomic E-state index is 13.6.